The Hall–Kier alpha value is -0.120. The molecule has 3 heteroatoms. The van der Waals surface area contributed by atoms with Gasteiger partial charge in [-0.2, -0.15) is 0 Å². The lowest BCUT2D eigenvalue weighted by molar-refractivity contribution is 0.480. The fourth-order valence-corrected chi connectivity index (χ4v) is 0.623. The number of nitrogens with one attached hydrogen (secondary N) is 2. The summed E-state index contributed by atoms with van der Waals surface area (Å²) in [7, 11) is 0. The van der Waals surface area contributed by atoms with E-state index in [-0.39, 0.29) is 0 Å². The molecule has 0 radical (unpaired) electrons. The maximum absolute atomic E-state index is 5.23. The normalized spacial score (nSPS) is 13.5. The first kappa shape index (κ1) is 9.88. The summed E-state index contributed by atoms with van der Waals surface area (Å²) < 4.78 is 0. The van der Waals surface area contributed by atoms with Crippen molar-refractivity contribution < 1.29 is 0 Å². The SMILES string of the molecule is CCC(C)CNCNCN. The molecule has 0 bridgehead atoms. The van der Waals surface area contributed by atoms with Gasteiger partial charge in [0.1, 0.15) is 0 Å². The molecule has 10 heavy (non-hydrogen) atoms. The van der Waals surface area contributed by atoms with E-state index in [4.69, 9.17) is 5.73 Å². The predicted molar refractivity (Wildman–Crippen MR) is 44.5 cm³/mol. The average Bonchev–Trinajstić information content (AvgIpc) is 1.98. The van der Waals surface area contributed by atoms with Crippen LogP contribution < -0.4 is 16.4 Å². The fourth-order valence-electron chi connectivity index (χ4n) is 0.623. The molecule has 0 rings (SSSR count). The highest BCUT2D eigenvalue weighted by Crippen LogP contribution is 1.95. The molecular formula is C7H19N3. The second-order valence-electron chi connectivity index (χ2n) is 2.60. The molecule has 3 nitrogen and oxygen atoms in total. The molecular weight excluding hydrogens is 126 g/mol. The Balaban J connectivity index is 2.89. The molecule has 0 aliphatic heterocycles. The Morgan fingerprint density at radius 3 is 2.60 bits per heavy atom. The number of hydrogen-bond acceptors (Lipinski definition) is 3. The van der Waals surface area contributed by atoms with Crippen molar-refractivity contribution in [3.63, 3.8) is 0 Å². The van der Waals surface area contributed by atoms with Crippen molar-refractivity contribution in [2.75, 3.05) is 19.9 Å². The lowest BCUT2D eigenvalue weighted by atomic mass is 10.1. The van der Waals surface area contributed by atoms with Crippen LogP contribution in [0.4, 0.5) is 0 Å². The van der Waals surface area contributed by atoms with E-state index in [9.17, 15) is 0 Å². The van der Waals surface area contributed by atoms with Crippen LogP contribution in [0.5, 0.6) is 0 Å². The van der Waals surface area contributed by atoms with Gasteiger partial charge in [0.05, 0.1) is 0 Å². The van der Waals surface area contributed by atoms with Gasteiger partial charge in [-0.25, -0.2) is 0 Å². The molecule has 0 fully saturated rings. The summed E-state index contributed by atoms with van der Waals surface area (Å²) in [5.74, 6) is 0.763. The van der Waals surface area contributed by atoms with Crippen LogP contribution in [0.25, 0.3) is 0 Å². The van der Waals surface area contributed by atoms with Crippen molar-refractivity contribution >= 4 is 0 Å². The van der Waals surface area contributed by atoms with Crippen molar-refractivity contribution in [1.82, 2.24) is 10.6 Å². The van der Waals surface area contributed by atoms with Gasteiger partial charge in [-0.3, -0.25) is 5.32 Å². The van der Waals surface area contributed by atoms with Gasteiger partial charge in [0.15, 0.2) is 0 Å². The van der Waals surface area contributed by atoms with Gasteiger partial charge in [0.25, 0.3) is 0 Å². The minimum Gasteiger partial charge on any atom is -0.318 e. The smallest absolute Gasteiger partial charge is 0.0464 e. The van der Waals surface area contributed by atoms with Crippen LogP contribution >= 0.6 is 0 Å². The monoisotopic (exact) mass is 145 g/mol. The molecule has 0 saturated carbocycles. The molecule has 0 aromatic rings. The molecule has 0 aromatic heterocycles. The third-order valence-corrected chi connectivity index (χ3v) is 1.58. The van der Waals surface area contributed by atoms with E-state index in [1.54, 1.807) is 0 Å². The van der Waals surface area contributed by atoms with Gasteiger partial charge < -0.3 is 11.1 Å². The molecule has 0 heterocycles. The van der Waals surface area contributed by atoms with E-state index in [1.165, 1.54) is 6.42 Å². The van der Waals surface area contributed by atoms with E-state index in [1.807, 2.05) is 0 Å². The molecule has 1 atom stereocenters. The van der Waals surface area contributed by atoms with E-state index >= 15 is 0 Å². The molecule has 0 aromatic carbocycles. The highest BCUT2D eigenvalue weighted by Gasteiger charge is 1.94. The molecule has 0 amide bonds. The first-order valence-electron chi connectivity index (χ1n) is 3.92. The molecule has 0 aliphatic carbocycles. The van der Waals surface area contributed by atoms with E-state index < -0.39 is 0 Å². The average molecular weight is 145 g/mol. The zero-order chi connectivity index (χ0) is 7.82. The van der Waals surface area contributed by atoms with Gasteiger partial charge >= 0.3 is 0 Å². The number of nitrogens with two attached hydrogens (primary N) is 1. The second kappa shape index (κ2) is 6.99. The quantitative estimate of drug-likeness (QED) is 0.366. The Kier molecular flexibility index (Phi) is 6.91. The van der Waals surface area contributed by atoms with Crippen molar-refractivity contribution in [3.8, 4) is 0 Å². The minimum absolute atomic E-state index is 0.549. The maximum atomic E-state index is 5.23. The lowest BCUT2D eigenvalue weighted by Crippen LogP contribution is -2.35. The number of hydrogen-bond donors (Lipinski definition) is 3. The van der Waals surface area contributed by atoms with Crippen LogP contribution in [-0.4, -0.2) is 19.9 Å². The largest absolute Gasteiger partial charge is 0.318 e. The Morgan fingerprint density at radius 2 is 2.10 bits per heavy atom. The maximum Gasteiger partial charge on any atom is 0.0464 e. The van der Waals surface area contributed by atoms with Crippen LogP contribution in [-0.2, 0) is 0 Å². The fraction of sp³-hybridized carbons (Fsp3) is 1.00. The van der Waals surface area contributed by atoms with E-state index in [0.717, 1.165) is 19.1 Å². The summed E-state index contributed by atoms with van der Waals surface area (Å²) in [5, 5.41) is 6.24. The van der Waals surface area contributed by atoms with E-state index in [0.29, 0.717) is 6.67 Å². The van der Waals surface area contributed by atoms with Gasteiger partial charge in [0, 0.05) is 13.3 Å². The molecule has 62 valence electrons. The Bertz CT molecular complexity index is 65.9. The first-order chi connectivity index (χ1) is 4.81. The van der Waals surface area contributed by atoms with Crippen LogP contribution in [0.2, 0.25) is 0 Å². The highest BCUT2D eigenvalue weighted by molar-refractivity contribution is 4.52. The summed E-state index contributed by atoms with van der Waals surface area (Å²) in [6, 6.07) is 0. The third kappa shape index (κ3) is 6.01. The van der Waals surface area contributed by atoms with Gasteiger partial charge in [-0.05, 0) is 12.5 Å². The lowest BCUT2D eigenvalue weighted by Gasteiger charge is -2.09. The third-order valence-electron chi connectivity index (χ3n) is 1.58. The van der Waals surface area contributed by atoms with Gasteiger partial charge in [0.2, 0.25) is 0 Å². The summed E-state index contributed by atoms with van der Waals surface area (Å²) in [6.07, 6.45) is 1.23. The summed E-state index contributed by atoms with van der Waals surface area (Å²) in [4.78, 5) is 0. The second-order valence-corrected chi connectivity index (χ2v) is 2.60. The van der Waals surface area contributed by atoms with Gasteiger partial charge in [-0.1, -0.05) is 20.3 Å². The summed E-state index contributed by atoms with van der Waals surface area (Å²) in [6.45, 7) is 6.87. The van der Waals surface area contributed by atoms with E-state index in [2.05, 4.69) is 24.5 Å². The predicted octanol–water partition coefficient (Wildman–Crippen LogP) is 0.0854. The zero-order valence-corrected chi connectivity index (χ0v) is 6.98. The van der Waals surface area contributed by atoms with Crippen molar-refractivity contribution in [2.45, 2.75) is 20.3 Å². The van der Waals surface area contributed by atoms with Crippen molar-refractivity contribution in [3.05, 3.63) is 0 Å². The zero-order valence-electron chi connectivity index (χ0n) is 6.98. The Morgan fingerprint density at radius 1 is 1.40 bits per heavy atom. The first-order valence-corrected chi connectivity index (χ1v) is 3.92. The minimum atomic E-state index is 0.549. The standard InChI is InChI=1S/C7H19N3/c1-3-7(2)4-9-6-10-5-8/h7,9-10H,3-6,8H2,1-2H3. The molecule has 0 aliphatic rings. The van der Waals surface area contributed by atoms with Crippen LogP contribution in [0.1, 0.15) is 20.3 Å². The van der Waals surface area contributed by atoms with Gasteiger partial charge in [-0.15, -0.1) is 0 Å². The Labute approximate surface area is 63.4 Å². The summed E-state index contributed by atoms with van der Waals surface area (Å²) in [5.41, 5.74) is 5.23. The van der Waals surface area contributed by atoms with Crippen molar-refractivity contribution in [1.29, 1.82) is 0 Å². The molecule has 0 spiro atoms. The van der Waals surface area contributed by atoms with Crippen LogP contribution in [0.15, 0.2) is 0 Å². The highest BCUT2D eigenvalue weighted by atomic mass is 15.1. The topological polar surface area (TPSA) is 50.1 Å². The molecule has 4 N–H and O–H groups in total. The summed E-state index contributed by atoms with van der Waals surface area (Å²) >= 11 is 0. The van der Waals surface area contributed by atoms with Crippen LogP contribution in [0, 0.1) is 5.92 Å². The molecule has 1 unspecified atom stereocenters. The number of rotatable bonds is 6. The van der Waals surface area contributed by atoms with Crippen molar-refractivity contribution in [2.24, 2.45) is 11.7 Å². The molecule has 0 saturated heterocycles. The van der Waals surface area contributed by atoms with Crippen LogP contribution in [0.3, 0.4) is 0 Å².